The van der Waals surface area contributed by atoms with Crippen LogP contribution in [0.5, 0.6) is 0 Å². The Morgan fingerprint density at radius 2 is 1.87 bits per heavy atom. The molecule has 1 aromatic carbocycles. The van der Waals surface area contributed by atoms with Gasteiger partial charge in [-0.25, -0.2) is 14.2 Å². The fourth-order valence-electron chi connectivity index (χ4n) is 3.58. The van der Waals surface area contributed by atoms with Crippen molar-refractivity contribution in [1.29, 1.82) is 0 Å². The van der Waals surface area contributed by atoms with Gasteiger partial charge in [-0.05, 0) is 42.7 Å². The first-order valence-electron chi connectivity index (χ1n) is 10.5. The normalized spacial score (nSPS) is 16.4. The molecule has 1 N–H and O–H groups in total. The minimum absolute atomic E-state index is 0.115. The standard InChI is InChI=1S/C22H23FN6O2/c23-18-6-1-15(2-7-18)13-25-22(30)29-11-9-28(10-12-29)19-8-5-17(14-24-19)20-26-21(31-27-20)16-3-4-16/h1-2,5-8,14,16H,3-4,9-13H2,(H,25,30). The lowest BCUT2D eigenvalue weighted by atomic mass is 10.2. The summed E-state index contributed by atoms with van der Waals surface area (Å²) in [5, 5.41) is 6.94. The predicted octanol–water partition coefficient (Wildman–Crippen LogP) is 3.18. The van der Waals surface area contributed by atoms with E-state index in [1.54, 1.807) is 23.2 Å². The van der Waals surface area contributed by atoms with Gasteiger partial charge in [0.15, 0.2) is 0 Å². The summed E-state index contributed by atoms with van der Waals surface area (Å²) in [6.45, 7) is 2.98. The molecule has 1 saturated heterocycles. The van der Waals surface area contributed by atoms with E-state index in [1.165, 1.54) is 12.1 Å². The Kier molecular flexibility index (Phi) is 5.23. The van der Waals surface area contributed by atoms with Crippen LogP contribution in [0.25, 0.3) is 11.4 Å². The summed E-state index contributed by atoms with van der Waals surface area (Å²) in [6, 6.07) is 9.91. The highest BCUT2D eigenvalue weighted by molar-refractivity contribution is 5.74. The largest absolute Gasteiger partial charge is 0.353 e. The summed E-state index contributed by atoms with van der Waals surface area (Å²) in [6.07, 6.45) is 4.00. The maximum absolute atomic E-state index is 13.0. The van der Waals surface area contributed by atoms with Crippen molar-refractivity contribution < 1.29 is 13.7 Å². The molecule has 0 spiro atoms. The summed E-state index contributed by atoms with van der Waals surface area (Å²) in [4.78, 5) is 25.4. The number of benzene rings is 1. The molecule has 2 aliphatic rings. The molecule has 1 saturated carbocycles. The molecule has 9 heteroatoms. The van der Waals surface area contributed by atoms with E-state index >= 15 is 0 Å². The first-order chi connectivity index (χ1) is 15.2. The van der Waals surface area contributed by atoms with Crippen LogP contribution < -0.4 is 10.2 Å². The van der Waals surface area contributed by atoms with Crippen LogP contribution in [0.4, 0.5) is 15.0 Å². The monoisotopic (exact) mass is 422 g/mol. The summed E-state index contributed by atoms with van der Waals surface area (Å²) in [7, 11) is 0. The quantitative estimate of drug-likeness (QED) is 0.680. The van der Waals surface area contributed by atoms with Gasteiger partial charge in [-0.1, -0.05) is 17.3 Å². The third-order valence-corrected chi connectivity index (χ3v) is 5.62. The second kappa shape index (κ2) is 8.33. The van der Waals surface area contributed by atoms with Crippen molar-refractivity contribution in [2.24, 2.45) is 0 Å². The number of hydrogen-bond acceptors (Lipinski definition) is 6. The lowest BCUT2D eigenvalue weighted by Gasteiger charge is -2.35. The van der Waals surface area contributed by atoms with Crippen LogP contribution in [0, 0.1) is 5.82 Å². The fraction of sp³-hybridized carbons (Fsp3) is 0.364. The topological polar surface area (TPSA) is 87.4 Å². The number of aromatic nitrogens is 3. The first kappa shape index (κ1) is 19.5. The Bertz CT molecular complexity index is 1040. The summed E-state index contributed by atoms with van der Waals surface area (Å²) < 4.78 is 18.3. The van der Waals surface area contributed by atoms with Crippen LogP contribution in [-0.2, 0) is 6.54 Å². The number of halogens is 1. The van der Waals surface area contributed by atoms with E-state index in [-0.39, 0.29) is 11.8 Å². The highest BCUT2D eigenvalue weighted by atomic mass is 19.1. The van der Waals surface area contributed by atoms with E-state index in [9.17, 15) is 9.18 Å². The molecule has 31 heavy (non-hydrogen) atoms. The SMILES string of the molecule is O=C(NCc1ccc(F)cc1)N1CCN(c2ccc(-c3noc(C4CC4)n3)cn2)CC1. The number of nitrogens with one attached hydrogen (secondary N) is 1. The first-order valence-corrected chi connectivity index (χ1v) is 10.5. The van der Waals surface area contributed by atoms with Gasteiger partial charge in [-0.3, -0.25) is 0 Å². The Hall–Kier alpha value is -3.49. The van der Waals surface area contributed by atoms with E-state index in [1.807, 2.05) is 12.1 Å². The number of carbonyl (C=O) groups excluding carboxylic acids is 1. The van der Waals surface area contributed by atoms with Crippen molar-refractivity contribution in [1.82, 2.24) is 25.3 Å². The zero-order valence-corrected chi connectivity index (χ0v) is 17.0. The average molecular weight is 422 g/mol. The maximum atomic E-state index is 13.0. The highest BCUT2D eigenvalue weighted by Crippen LogP contribution is 2.39. The van der Waals surface area contributed by atoms with Gasteiger partial charge in [0.1, 0.15) is 11.6 Å². The summed E-state index contributed by atoms with van der Waals surface area (Å²) >= 11 is 0. The zero-order valence-electron chi connectivity index (χ0n) is 17.0. The highest BCUT2D eigenvalue weighted by Gasteiger charge is 2.30. The summed E-state index contributed by atoms with van der Waals surface area (Å²) in [5.74, 6) is 2.29. The van der Waals surface area contributed by atoms with Crippen LogP contribution in [0.1, 0.15) is 30.2 Å². The van der Waals surface area contributed by atoms with E-state index in [4.69, 9.17) is 4.52 Å². The smallest absolute Gasteiger partial charge is 0.317 e. The minimum atomic E-state index is -0.284. The Morgan fingerprint density at radius 3 is 2.55 bits per heavy atom. The van der Waals surface area contributed by atoms with Crippen molar-refractivity contribution in [3.63, 3.8) is 0 Å². The molecule has 5 rings (SSSR count). The molecule has 8 nitrogen and oxygen atoms in total. The Morgan fingerprint density at radius 1 is 1.10 bits per heavy atom. The van der Waals surface area contributed by atoms with Gasteiger partial charge in [0, 0.05) is 50.4 Å². The number of amides is 2. The van der Waals surface area contributed by atoms with Gasteiger partial charge in [-0.2, -0.15) is 4.98 Å². The van der Waals surface area contributed by atoms with Gasteiger partial charge < -0.3 is 19.6 Å². The van der Waals surface area contributed by atoms with E-state index in [0.29, 0.717) is 50.4 Å². The van der Waals surface area contributed by atoms with E-state index in [2.05, 4.69) is 25.3 Å². The third-order valence-electron chi connectivity index (χ3n) is 5.62. The zero-order chi connectivity index (χ0) is 21.2. The number of piperazine rings is 1. The number of pyridine rings is 1. The van der Waals surface area contributed by atoms with Crippen molar-refractivity contribution in [3.8, 4) is 11.4 Å². The predicted molar refractivity (Wildman–Crippen MR) is 112 cm³/mol. The molecule has 0 radical (unpaired) electrons. The van der Waals surface area contributed by atoms with Gasteiger partial charge >= 0.3 is 6.03 Å². The number of urea groups is 1. The fourth-order valence-corrected chi connectivity index (χ4v) is 3.58. The third kappa shape index (κ3) is 4.50. The molecule has 0 unspecified atom stereocenters. The van der Waals surface area contributed by atoms with Crippen LogP contribution in [-0.4, -0.2) is 52.2 Å². The number of hydrogen-bond donors (Lipinski definition) is 1. The number of nitrogens with zero attached hydrogens (tertiary/aromatic N) is 5. The van der Waals surface area contributed by atoms with Crippen molar-refractivity contribution in [2.75, 3.05) is 31.1 Å². The molecule has 0 atom stereocenters. The molecular formula is C22H23FN6O2. The summed E-state index contributed by atoms with van der Waals surface area (Å²) in [5.41, 5.74) is 1.70. The molecule has 160 valence electrons. The lowest BCUT2D eigenvalue weighted by molar-refractivity contribution is 0.194. The molecule has 0 bridgehead atoms. The second-order valence-corrected chi connectivity index (χ2v) is 7.89. The average Bonchev–Trinajstić information content (AvgIpc) is 3.55. The van der Waals surface area contributed by atoms with E-state index in [0.717, 1.165) is 29.8 Å². The van der Waals surface area contributed by atoms with Gasteiger partial charge in [0.2, 0.25) is 11.7 Å². The van der Waals surface area contributed by atoms with Gasteiger partial charge in [0.25, 0.3) is 0 Å². The molecule has 2 amide bonds. The molecule has 3 aromatic rings. The molecule has 2 fully saturated rings. The number of rotatable bonds is 5. The minimum Gasteiger partial charge on any atom is -0.353 e. The van der Waals surface area contributed by atoms with Crippen LogP contribution in [0.15, 0.2) is 47.1 Å². The number of carbonyl (C=O) groups is 1. The maximum Gasteiger partial charge on any atom is 0.317 e. The van der Waals surface area contributed by atoms with Crippen LogP contribution >= 0.6 is 0 Å². The van der Waals surface area contributed by atoms with Crippen molar-refractivity contribution in [2.45, 2.75) is 25.3 Å². The van der Waals surface area contributed by atoms with Gasteiger partial charge in [0.05, 0.1) is 0 Å². The molecule has 3 heterocycles. The lowest BCUT2D eigenvalue weighted by Crippen LogP contribution is -2.51. The molecular weight excluding hydrogens is 399 g/mol. The van der Waals surface area contributed by atoms with Crippen LogP contribution in [0.2, 0.25) is 0 Å². The number of anilines is 1. The second-order valence-electron chi connectivity index (χ2n) is 7.89. The van der Waals surface area contributed by atoms with E-state index < -0.39 is 0 Å². The molecule has 2 aromatic heterocycles. The van der Waals surface area contributed by atoms with Crippen LogP contribution in [0.3, 0.4) is 0 Å². The Labute approximate surface area is 179 Å². The Balaban J connectivity index is 1.12. The van der Waals surface area contributed by atoms with Gasteiger partial charge in [-0.15, -0.1) is 0 Å². The van der Waals surface area contributed by atoms with Crippen molar-refractivity contribution >= 4 is 11.8 Å². The molecule has 1 aliphatic heterocycles. The van der Waals surface area contributed by atoms with Crippen molar-refractivity contribution in [3.05, 3.63) is 59.9 Å². The molecule has 1 aliphatic carbocycles.